The molecule has 1 aromatic heterocycles. The summed E-state index contributed by atoms with van der Waals surface area (Å²) in [5, 5.41) is 3.28. The third kappa shape index (κ3) is 4.39. The lowest BCUT2D eigenvalue weighted by atomic mass is 10.1. The average Bonchev–Trinajstić information content (AvgIpc) is 2.70. The summed E-state index contributed by atoms with van der Waals surface area (Å²) in [5.41, 5.74) is 0.713. The van der Waals surface area contributed by atoms with Gasteiger partial charge in [0.15, 0.2) is 0 Å². The number of fused-ring (bicyclic) bond motifs is 1. The van der Waals surface area contributed by atoms with Gasteiger partial charge in [-0.25, -0.2) is 4.79 Å². The molecular formula is C22H25N3O3. The first-order valence-corrected chi connectivity index (χ1v) is 9.50. The van der Waals surface area contributed by atoms with Gasteiger partial charge in [0, 0.05) is 13.1 Å². The van der Waals surface area contributed by atoms with E-state index in [1.807, 2.05) is 44.2 Å². The lowest BCUT2D eigenvalue weighted by Crippen LogP contribution is -2.42. The Kier molecular flexibility index (Phi) is 6.09. The summed E-state index contributed by atoms with van der Waals surface area (Å²) in [6.07, 6.45) is 0.716. The van der Waals surface area contributed by atoms with E-state index >= 15 is 0 Å². The summed E-state index contributed by atoms with van der Waals surface area (Å²) in [6, 6.07) is 16.5. The number of carbonyl (C=O) groups excluding carboxylic acids is 1. The lowest BCUT2D eigenvalue weighted by Gasteiger charge is -2.15. The number of para-hydroxylation sites is 1. The Hall–Kier alpha value is -3.15. The molecule has 146 valence electrons. The zero-order chi connectivity index (χ0) is 20.1. The molecule has 28 heavy (non-hydrogen) atoms. The number of nitrogens with zero attached hydrogens (tertiary/aromatic N) is 2. The summed E-state index contributed by atoms with van der Waals surface area (Å²) in [4.78, 5) is 38.2. The van der Waals surface area contributed by atoms with Gasteiger partial charge >= 0.3 is 5.69 Å². The molecule has 0 saturated heterocycles. The molecule has 0 spiro atoms. The van der Waals surface area contributed by atoms with Gasteiger partial charge in [-0.1, -0.05) is 56.3 Å². The van der Waals surface area contributed by atoms with Crippen LogP contribution in [0.1, 0.15) is 25.8 Å². The van der Waals surface area contributed by atoms with Crippen LogP contribution < -0.4 is 16.6 Å². The minimum Gasteiger partial charge on any atom is -0.350 e. The predicted molar refractivity (Wildman–Crippen MR) is 110 cm³/mol. The Morgan fingerprint density at radius 2 is 1.64 bits per heavy atom. The third-order valence-electron chi connectivity index (χ3n) is 4.70. The van der Waals surface area contributed by atoms with Crippen LogP contribution in [-0.2, 0) is 24.4 Å². The van der Waals surface area contributed by atoms with Gasteiger partial charge in [-0.2, -0.15) is 0 Å². The molecule has 0 unspecified atom stereocenters. The van der Waals surface area contributed by atoms with E-state index in [0.717, 1.165) is 5.56 Å². The maximum atomic E-state index is 13.0. The highest BCUT2D eigenvalue weighted by atomic mass is 16.2. The lowest BCUT2D eigenvalue weighted by molar-refractivity contribution is -0.121. The largest absolute Gasteiger partial charge is 0.350 e. The Labute approximate surface area is 163 Å². The molecule has 6 heteroatoms. The molecule has 0 radical (unpaired) electrons. The van der Waals surface area contributed by atoms with E-state index in [9.17, 15) is 14.4 Å². The first-order chi connectivity index (χ1) is 13.5. The highest BCUT2D eigenvalue weighted by Crippen LogP contribution is 2.08. The second-order valence-corrected chi connectivity index (χ2v) is 7.29. The molecule has 1 N–H and O–H groups in total. The zero-order valence-corrected chi connectivity index (χ0v) is 16.2. The number of rotatable bonds is 7. The monoisotopic (exact) mass is 379 g/mol. The fourth-order valence-corrected chi connectivity index (χ4v) is 3.10. The topological polar surface area (TPSA) is 73.1 Å². The van der Waals surface area contributed by atoms with Gasteiger partial charge in [-0.05, 0) is 30.0 Å². The molecule has 3 aromatic rings. The molecule has 0 aliphatic rings. The third-order valence-corrected chi connectivity index (χ3v) is 4.70. The molecule has 1 heterocycles. The van der Waals surface area contributed by atoms with Crippen molar-refractivity contribution < 1.29 is 4.79 Å². The number of hydrogen-bond donors (Lipinski definition) is 1. The van der Waals surface area contributed by atoms with E-state index in [0.29, 0.717) is 36.3 Å². The zero-order valence-electron chi connectivity index (χ0n) is 16.2. The minimum absolute atomic E-state index is 0.131. The van der Waals surface area contributed by atoms with Crippen LogP contribution in [-0.4, -0.2) is 15.0 Å². The quantitative estimate of drug-likeness (QED) is 0.686. The van der Waals surface area contributed by atoms with Gasteiger partial charge < -0.3 is 5.32 Å². The van der Waals surface area contributed by atoms with E-state index in [1.165, 1.54) is 9.13 Å². The van der Waals surface area contributed by atoms with Crippen LogP contribution in [0.15, 0.2) is 64.2 Å². The Morgan fingerprint density at radius 1 is 0.964 bits per heavy atom. The molecule has 0 fully saturated rings. The van der Waals surface area contributed by atoms with Gasteiger partial charge in [-0.3, -0.25) is 18.7 Å². The van der Waals surface area contributed by atoms with Gasteiger partial charge in [0.2, 0.25) is 5.91 Å². The van der Waals surface area contributed by atoms with Crippen molar-refractivity contribution in [2.24, 2.45) is 5.92 Å². The molecule has 0 aliphatic carbocycles. The maximum Gasteiger partial charge on any atom is 0.331 e. The molecule has 6 nitrogen and oxygen atoms in total. The van der Waals surface area contributed by atoms with Crippen molar-refractivity contribution in [2.45, 2.75) is 39.9 Å². The van der Waals surface area contributed by atoms with Gasteiger partial charge in [0.25, 0.3) is 5.56 Å². The molecular weight excluding hydrogens is 354 g/mol. The highest BCUT2D eigenvalue weighted by molar-refractivity contribution is 5.81. The number of amides is 1. The second-order valence-electron chi connectivity index (χ2n) is 7.29. The van der Waals surface area contributed by atoms with Gasteiger partial charge in [0.1, 0.15) is 6.54 Å². The van der Waals surface area contributed by atoms with Crippen molar-refractivity contribution in [3.05, 3.63) is 81.0 Å². The number of carbonyl (C=O) groups is 1. The summed E-state index contributed by atoms with van der Waals surface area (Å²) in [6.45, 7) is 4.68. The van der Waals surface area contributed by atoms with Crippen molar-refractivity contribution >= 4 is 16.8 Å². The van der Waals surface area contributed by atoms with Crippen molar-refractivity contribution in [3.8, 4) is 0 Å². The number of nitrogens with one attached hydrogen (secondary N) is 1. The first-order valence-electron chi connectivity index (χ1n) is 9.50. The van der Waals surface area contributed by atoms with E-state index in [1.54, 1.807) is 24.3 Å². The number of benzene rings is 2. The van der Waals surface area contributed by atoms with Crippen LogP contribution in [0.4, 0.5) is 0 Å². The molecule has 1 amide bonds. The van der Waals surface area contributed by atoms with E-state index in [2.05, 4.69) is 5.32 Å². The number of hydrogen-bond acceptors (Lipinski definition) is 3. The van der Waals surface area contributed by atoms with Gasteiger partial charge in [0.05, 0.1) is 10.9 Å². The van der Waals surface area contributed by atoms with Crippen LogP contribution in [0.5, 0.6) is 0 Å². The van der Waals surface area contributed by atoms with Crippen LogP contribution in [0, 0.1) is 5.92 Å². The molecule has 0 saturated carbocycles. The first kappa shape index (κ1) is 19.6. The fourth-order valence-electron chi connectivity index (χ4n) is 3.10. The molecule has 0 aliphatic heterocycles. The Bertz CT molecular complexity index is 1080. The Morgan fingerprint density at radius 3 is 2.36 bits per heavy atom. The summed E-state index contributed by atoms with van der Waals surface area (Å²) < 4.78 is 2.63. The SMILES string of the molecule is CC(C)CCn1c(=O)c2ccccc2n(CC(=O)NCc2ccccc2)c1=O. The van der Waals surface area contributed by atoms with Crippen LogP contribution in [0.2, 0.25) is 0 Å². The summed E-state index contributed by atoms with van der Waals surface area (Å²) in [7, 11) is 0. The highest BCUT2D eigenvalue weighted by Gasteiger charge is 2.15. The van der Waals surface area contributed by atoms with E-state index < -0.39 is 5.69 Å². The van der Waals surface area contributed by atoms with Crippen LogP contribution in [0.25, 0.3) is 10.9 Å². The predicted octanol–water partition coefficient (Wildman–Crippen LogP) is 2.53. The smallest absolute Gasteiger partial charge is 0.331 e. The normalized spacial score (nSPS) is 11.1. The van der Waals surface area contributed by atoms with Crippen LogP contribution in [0.3, 0.4) is 0 Å². The average molecular weight is 379 g/mol. The fraction of sp³-hybridized carbons (Fsp3) is 0.318. The number of aromatic nitrogens is 2. The van der Waals surface area contributed by atoms with Crippen molar-refractivity contribution in [1.29, 1.82) is 0 Å². The molecule has 0 bridgehead atoms. The van der Waals surface area contributed by atoms with E-state index in [-0.39, 0.29) is 18.0 Å². The second kappa shape index (κ2) is 8.69. The Balaban J connectivity index is 1.91. The van der Waals surface area contributed by atoms with Crippen LogP contribution >= 0.6 is 0 Å². The minimum atomic E-state index is -0.445. The summed E-state index contributed by atoms with van der Waals surface area (Å²) in [5.74, 6) is 0.0885. The van der Waals surface area contributed by atoms with E-state index in [4.69, 9.17) is 0 Å². The van der Waals surface area contributed by atoms with Crippen molar-refractivity contribution in [2.75, 3.05) is 0 Å². The summed E-state index contributed by atoms with van der Waals surface area (Å²) >= 11 is 0. The molecule has 3 rings (SSSR count). The van der Waals surface area contributed by atoms with Crippen molar-refractivity contribution in [3.63, 3.8) is 0 Å². The maximum absolute atomic E-state index is 13.0. The molecule has 0 atom stereocenters. The van der Waals surface area contributed by atoms with Crippen molar-refractivity contribution in [1.82, 2.24) is 14.5 Å². The standard InChI is InChI=1S/C22H25N3O3/c1-16(2)12-13-24-21(27)18-10-6-7-11-19(18)25(22(24)28)15-20(26)23-14-17-8-4-3-5-9-17/h3-11,16H,12-15H2,1-2H3,(H,23,26). The van der Waals surface area contributed by atoms with Gasteiger partial charge in [-0.15, -0.1) is 0 Å². The molecule has 2 aromatic carbocycles.